The molecule has 0 amide bonds. The van der Waals surface area contributed by atoms with Crippen molar-refractivity contribution in [1.29, 1.82) is 0 Å². The second-order valence-electron chi connectivity index (χ2n) is 3.43. The van der Waals surface area contributed by atoms with Gasteiger partial charge in [0.1, 0.15) is 6.61 Å². The number of carbonyl (C=O) groups excluding carboxylic acids is 1. The molecule has 2 aromatic rings. The Balaban J connectivity index is 1.98. The highest BCUT2D eigenvalue weighted by Gasteiger charge is 2.02. The van der Waals surface area contributed by atoms with E-state index in [4.69, 9.17) is 16.3 Å². The fraction of sp³-hybridized carbons (Fsp3) is 0.0769. The molecule has 0 atom stereocenters. The second kappa shape index (κ2) is 5.46. The third-order valence-electron chi connectivity index (χ3n) is 2.19. The van der Waals surface area contributed by atoms with E-state index in [2.05, 4.69) is 4.98 Å². The number of pyridine rings is 1. The Morgan fingerprint density at radius 1 is 1.18 bits per heavy atom. The summed E-state index contributed by atoms with van der Waals surface area (Å²) in [7, 11) is 0. The summed E-state index contributed by atoms with van der Waals surface area (Å²) in [5.74, 6) is 0.468. The first kappa shape index (κ1) is 11.6. The molecule has 3 nitrogen and oxygen atoms in total. The quantitative estimate of drug-likeness (QED) is 0.780. The zero-order valence-electron chi connectivity index (χ0n) is 8.97. The van der Waals surface area contributed by atoms with Gasteiger partial charge < -0.3 is 4.74 Å². The number of rotatable bonds is 4. The molecule has 1 aromatic carbocycles. The lowest BCUT2D eigenvalue weighted by atomic mass is 10.2. The van der Waals surface area contributed by atoms with Crippen LogP contribution in [0.5, 0.6) is 5.88 Å². The Labute approximate surface area is 104 Å². The van der Waals surface area contributed by atoms with Crippen molar-refractivity contribution < 1.29 is 9.53 Å². The van der Waals surface area contributed by atoms with Crippen LogP contribution < -0.4 is 4.74 Å². The summed E-state index contributed by atoms with van der Waals surface area (Å²) in [4.78, 5) is 14.8. The Hall–Kier alpha value is -1.87. The monoisotopic (exact) mass is 247 g/mol. The maximum atomic E-state index is 10.8. The molecule has 0 N–H and O–H groups in total. The van der Waals surface area contributed by atoms with Crippen LogP contribution in [-0.4, -0.2) is 10.2 Å². The highest BCUT2D eigenvalue weighted by molar-refractivity contribution is 6.67. The maximum Gasteiger partial charge on any atom is 0.253 e. The predicted octanol–water partition coefficient (Wildman–Crippen LogP) is 3.04. The first-order chi connectivity index (χ1) is 8.25. The molecule has 2 rings (SSSR count). The number of nitrogens with zero attached hydrogens (tertiary/aromatic N) is 1. The maximum absolute atomic E-state index is 10.8. The van der Waals surface area contributed by atoms with E-state index in [1.165, 1.54) is 6.20 Å². The molecule has 1 aromatic heterocycles. The third kappa shape index (κ3) is 3.29. The van der Waals surface area contributed by atoms with Crippen LogP contribution in [0, 0.1) is 0 Å². The Bertz CT molecular complexity index is 497. The average molecular weight is 248 g/mol. The van der Waals surface area contributed by atoms with Crippen molar-refractivity contribution in [3.05, 3.63) is 59.8 Å². The summed E-state index contributed by atoms with van der Waals surface area (Å²) < 4.78 is 5.46. The lowest BCUT2D eigenvalue weighted by Crippen LogP contribution is -1.98. The Kier molecular flexibility index (Phi) is 3.73. The Morgan fingerprint density at radius 2 is 1.94 bits per heavy atom. The van der Waals surface area contributed by atoms with Crippen LogP contribution in [0.4, 0.5) is 0 Å². The topological polar surface area (TPSA) is 39.2 Å². The van der Waals surface area contributed by atoms with Crippen molar-refractivity contribution in [2.75, 3.05) is 0 Å². The predicted molar refractivity (Wildman–Crippen MR) is 65.2 cm³/mol. The third-order valence-corrected chi connectivity index (χ3v) is 2.41. The molecule has 0 aliphatic heterocycles. The zero-order valence-corrected chi connectivity index (χ0v) is 9.72. The SMILES string of the molecule is O=C(Cl)c1ccc(OCc2ccccc2)nc1. The Morgan fingerprint density at radius 3 is 2.53 bits per heavy atom. The van der Waals surface area contributed by atoms with Crippen LogP contribution >= 0.6 is 11.6 Å². The minimum Gasteiger partial charge on any atom is -0.473 e. The number of carbonyl (C=O) groups is 1. The highest BCUT2D eigenvalue weighted by Crippen LogP contribution is 2.11. The van der Waals surface area contributed by atoms with Gasteiger partial charge in [0.05, 0.1) is 5.56 Å². The van der Waals surface area contributed by atoms with Crippen molar-refractivity contribution in [2.24, 2.45) is 0 Å². The van der Waals surface area contributed by atoms with Crippen LogP contribution in [-0.2, 0) is 6.61 Å². The van der Waals surface area contributed by atoms with Crippen LogP contribution in [0.25, 0.3) is 0 Å². The van der Waals surface area contributed by atoms with Crippen molar-refractivity contribution >= 4 is 16.8 Å². The molecule has 0 unspecified atom stereocenters. The largest absolute Gasteiger partial charge is 0.473 e. The van der Waals surface area contributed by atoms with Gasteiger partial charge in [-0.05, 0) is 23.2 Å². The van der Waals surface area contributed by atoms with E-state index in [-0.39, 0.29) is 0 Å². The molecule has 86 valence electrons. The molecule has 0 saturated carbocycles. The molecule has 0 saturated heterocycles. The molecule has 17 heavy (non-hydrogen) atoms. The molecule has 0 spiro atoms. The molecule has 0 radical (unpaired) electrons. The van der Waals surface area contributed by atoms with E-state index in [1.54, 1.807) is 12.1 Å². The number of hydrogen-bond acceptors (Lipinski definition) is 3. The van der Waals surface area contributed by atoms with Crippen molar-refractivity contribution in [1.82, 2.24) is 4.98 Å². The lowest BCUT2D eigenvalue weighted by Gasteiger charge is -2.05. The van der Waals surface area contributed by atoms with Gasteiger partial charge in [0, 0.05) is 12.3 Å². The smallest absolute Gasteiger partial charge is 0.253 e. The summed E-state index contributed by atoms with van der Waals surface area (Å²) in [6.07, 6.45) is 1.40. The molecular formula is C13H10ClNO2. The molecule has 4 heteroatoms. The van der Waals surface area contributed by atoms with E-state index in [0.29, 0.717) is 18.1 Å². The molecule has 0 bridgehead atoms. The number of hydrogen-bond donors (Lipinski definition) is 0. The van der Waals surface area contributed by atoms with Gasteiger partial charge in [0.2, 0.25) is 5.88 Å². The van der Waals surface area contributed by atoms with E-state index in [1.807, 2.05) is 30.3 Å². The summed E-state index contributed by atoms with van der Waals surface area (Å²) in [6.45, 7) is 0.446. The minimum atomic E-state index is -0.521. The standard InChI is InChI=1S/C13H10ClNO2/c14-13(16)11-6-7-12(15-8-11)17-9-10-4-2-1-3-5-10/h1-8H,9H2. The number of benzene rings is 1. The van der Waals surface area contributed by atoms with Gasteiger partial charge in [-0.2, -0.15) is 0 Å². The van der Waals surface area contributed by atoms with Crippen LogP contribution in [0.3, 0.4) is 0 Å². The fourth-order valence-electron chi connectivity index (χ4n) is 1.31. The summed E-state index contributed by atoms with van der Waals surface area (Å²) in [5, 5.41) is -0.521. The summed E-state index contributed by atoms with van der Waals surface area (Å²) in [5.41, 5.74) is 1.42. The molecule has 0 aliphatic carbocycles. The number of halogens is 1. The van der Waals surface area contributed by atoms with Crippen molar-refractivity contribution in [3.8, 4) is 5.88 Å². The number of aromatic nitrogens is 1. The van der Waals surface area contributed by atoms with Crippen molar-refractivity contribution in [3.63, 3.8) is 0 Å². The average Bonchev–Trinajstić information content (AvgIpc) is 2.38. The van der Waals surface area contributed by atoms with Gasteiger partial charge >= 0.3 is 0 Å². The summed E-state index contributed by atoms with van der Waals surface area (Å²) in [6, 6.07) is 13.0. The van der Waals surface area contributed by atoms with Crippen LogP contribution in [0.15, 0.2) is 48.7 Å². The van der Waals surface area contributed by atoms with Gasteiger partial charge in [0.25, 0.3) is 5.24 Å². The van der Waals surface area contributed by atoms with Crippen LogP contribution in [0.2, 0.25) is 0 Å². The van der Waals surface area contributed by atoms with E-state index in [0.717, 1.165) is 5.56 Å². The fourth-order valence-corrected chi connectivity index (χ4v) is 1.43. The first-order valence-corrected chi connectivity index (χ1v) is 5.46. The highest BCUT2D eigenvalue weighted by atomic mass is 35.5. The van der Waals surface area contributed by atoms with Gasteiger partial charge in [-0.1, -0.05) is 30.3 Å². The molecule has 1 heterocycles. The van der Waals surface area contributed by atoms with E-state index in [9.17, 15) is 4.79 Å². The van der Waals surface area contributed by atoms with Crippen LogP contribution in [0.1, 0.15) is 15.9 Å². The normalized spacial score (nSPS) is 9.94. The summed E-state index contributed by atoms with van der Waals surface area (Å²) >= 11 is 5.31. The zero-order chi connectivity index (χ0) is 12.1. The van der Waals surface area contributed by atoms with Gasteiger partial charge in [-0.25, -0.2) is 4.98 Å². The lowest BCUT2D eigenvalue weighted by molar-refractivity contribution is 0.108. The van der Waals surface area contributed by atoms with Gasteiger partial charge in [0.15, 0.2) is 0 Å². The first-order valence-electron chi connectivity index (χ1n) is 5.08. The van der Waals surface area contributed by atoms with Crippen molar-refractivity contribution in [2.45, 2.75) is 6.61 Å². The molecular weight excluding hydrogens is 238 g/mol. The van der Waals surface area contributed by atoms with Gasteiger partial charge in [-0.3, -0.25) is 4.79 Å². The minimum absolute atomic E-state index is 0.360. The van der Waals surface area contributed by atoms with Gasteiger partial charge in [-0.15, -0.1) is 0 Å². The molecule has 0 fully saturated rings. The molecule has 0 aliphatic rings. The number of ether oxygens (including phenoxy) is 1. The van der Waals surface area contributed by atoms with E-state index >= 15 is 0 Å². The van der Waals surface area contributed by atoms with E-state index < -0.39 is 5.24 Å². The second-order valence-corrected chi connectivity index (χ2v) is 3.78.